The number of nitrogens with one attached hydrogen (secondary N) is 1. The van der Waals surface area contributed by atoms with Crippen molar-refractivity contribution in [2.75, 3.05) is 12.4 Å². The molecular formula is C22H19N3O3S. The second kappa shape index (κ2) is 7.89. The number of thiophene rings is 1. The highest BCUT2D eigenvalue weighted by molar-refractivity contribution is 7.20. The van der Waals surface area contributed by atoms with Crippen molar-refractivity contribution >= 4 is 39.1 Å². The summed E-state index contributed by atoms with van der Waals surface area (Å²) in [5.41, 5.74) is 2.75. The van der Waals surface area contributed by atoms with Gasteiger partial charge in [0.2, 0.25) is 0 Å². The van der Waals surface area contributed by atoms with Gasteiger partial charge in [-0.15, -0.1) is 11.3 Å². The summed E-state index contributed by atoms with van der Waals surface area (Å²) >= 11 is 1.38. The van der Waals surface area contributed by atoms with Gasteiger partial charge in [-0.1, -0.05) is 42.5 Å². The Kier molecular flexibility index (Phi) is 5.14. The molecule has 1 N–H and O–H groups in total. The summed E-state index contributed by atoms with van der Waals surface area (Å²) in [4.78, 5) is 26.3. The smallest absolute Gasteiger partial charge is 0.339 e. The van der Waals surface area contributed by atoms with Gasteiger partial charge in [-0.2, -0.15) is 5.10 Å². The highest BCUT2D eigenvalue weighted by Gasteiger charge is 2.19. The molecule has 4 aromatic rings. The number of ether oxygens (including phenoxy) is 1. The van der Waals surface area contributed by atoms with Gasteiger partial charge in [0.05, 0.1) is 35.5 Å². The van der Waals surface area contributed by atoms with Crippen LogP contribution in [0.5, 0.6) is 0 Å². The summed E-state index contributed by atoms with van der Waals surface area (Å²) in [5.74, 6) is -0.764. The average Bonchev–Trinajstić information content (AvgIpc) is 3.30. The van der Waals surface area contributed by atoms with Crippen LogP contribution in [0.3, 0.4) is 0 Å². The molecule has 7 heteroatoms. The van der Waals surface area contributed by atoms with Crippen molar-refractivity contribution in [3.63, 3.8) is 0 Å². The molecule has 0 aliphatic carbocycles. The Bertz CT molecular complexity index is 1190. The minimum Gasteiger partial charge on any atom is -0.465 e. The van der Waals surface area contributed by atoms with Crippen LogP contribution in [0.25, 0.3) is 10.2 Å². The third kappa shape index (κ3) is 3.77. The van der Waals surface area contributed by atoms with E-state index in [0.717, 1.165) is 21.5 Å². The molecule has 1 amide bonds. The first kappa shape index (κ1) is 18.9. The fourth-order valence-corrected chi connectivity index (χ4v) is 4.21. The first-order chi connectivity index (χ1) is 14.1. The van der Waals surface area contributed by atoms with Gasteiger partial charge in [0, 0.05) is 5.39 Å². The molecule has 0 aliphatic heterocycles. The molecule has 0 atom stereocenters. The van der Waals surface area contributed by atoms with E-state index in [4.69, 9.17) is 4.74 Å². The lowest BCUT2D eigenvalue weighted by Gasteiger charge is -2.08. The third-order valence-corrected chi connectivity index (χ3v) is 5.73. The molecule has 2 aromatic carbocycles. The summed E-state index contributed by atoms with van der Waals surface area (Å²) in [7, 11) is 1.31. The molecule has 0 saturated carbocycles. The number of anilines is 1. The largest absolute Gasteiger partial charge is 0.465 e. The molecule has 0 aliphatic rings. The normalized spacial score (nSPS) is 10.8. The summed E-state index contributed by atoms with van der Waals surface area (Å²) < 4.78 is 6.71. The van der Waals surface area contributed by atoms with Gasteiger partial charge >= 0.3 is 5.97 Å². The number of benzene rings is 2. The van der Waals surface area contributed by atoms with Gasteiger partial charge < -0.3 is 10.1 Å². The lowest BCUT2D eigenvalue weighted by atomic mass is 10.1. The van der Waals surface area contributed by atoms with Crippen LogP contribution in [0, 0.1) is 6.92 Å². The van der Waals surface area contributed by atoms with Crippen molar-refractivity contribution in [3.05, 3.63) is 82.4 Å². The van der Waals surface area contributed by atoms with E-state index < -0.39 is 5.97 Å². The standard InChI is InChI=1S/C22H19N3O3S/c1-14-17-12-19(20(26)23-18-11-7-6-10-16(18)22(27)28-2)29-21(17)25(24-14)13-15-8-4-3-5-9-15/h3-12H,13H2,1-2H3,(H,23,26). The first-order valence-corrected chi connectivity index (χ1v) is 9.88. The Morgan fingerprint density at radius 2 is 1.83 bits per heavy atom. The summed E-state index contributed by atoms with van der Waals surface area (Å²) in [5, 5.41) is 8.39. The van der Waals surface area contributed by atoms with Crippen molar-refractivity contribution in [3.8, 4) is 0 Å². The lowest BCUT2D eigenvalue weighted by Crippen LogP contribution is -2.14. The zero-order valence-electron chi connectivity index (χ0n) is 16.0. The average molecular weight is 405 g/mol. The van der Waals surface area contributed by atoms with Crippen molar-refractivity contribution in [2.24, 2.45) is 0 Å². The summed E-state index contributed by atoms with van der Waals surface area (Å²) in [6.07, 6.45) is 0. The summed E-state index contributed by atoms with van der Waals surface area (Å²) in [6.45, 7) is 2.57. The second-order valence-electron chi connectivity index (χ2n) is 6.55. The van der Waals surface area contributed by atoms with Crippen LogP contribution in [0.4, 0.5) is 5.69 Å². The van der Waals surface area contributed by atoms with Crippen LogP contribution in [-0.2, 0) is 11.3 Å². The Morgan fingerprint density at radius 3 is 2.59 bits per heavy atom. The maximum atomic E-state index is 12.8. The zero-order chi connectivity index (χ0) is 20.4. The predicted molar refractivity (Wildman–Crippen MR) is 114 cm³/mol. The highest BCUT2D eigenvalue weighted by atomic mass is 32.1. The van der Waals surface area contributed by atoms with E-state index in [-0.39, 0.29) is 5.91 Å². The molecule has 146 valence electrons. The van der Waals surface area contributed by atoms with Crippen LogP contribution >= 0.6 is 11.3 Å². The van der Waals surface area contributed by atoms with Crippen molar-refractivity contribution in [1.29, 1.82) is 0 Å². The van der Waals surface area contributed by atoms with Gasteiger partial charge in [-0.25, -0.2) is 4.79 Å². The number of carbonyl (C=O) groups excluding carboxylic acids is 2. The monoisotopic (exact) mass is 405 g/mol. The van der Waals surface area contributed by atoms with E-state index in [9.17, 15) is 9.59 Å². The van der Waals surface area contributed by atoms with Crippen molar-refractivity contribution in [1.82, 2.24) is 9.78 Å². The number of methoxy groups -OCH3 is 1. The molecule has 0 saturated heterocycles. The topological polar surface area (TPSA) is 73.2 Å². The molecule has 4 rings (SSSR count). The van der Waals surface area contributed by atoms with Gasteiger partial charge in [-0.05, 0) is 30.7 Å². The number of carbonyl (C=O) groups is 2. The number of hydrogen-bond acceptors (Lipinski definition) is 5. The molecule has 0 fully saturated rings. The quantitative estimate of drug-likeness (QED) is 0.497. The highest BCUT2D eigenvalue weighted by Crippen LogP contribution is 2.30. The molecule has 2 aromatic heterocycles. The Morgan fingerprint density at radius 1 is 1.10 bits per heavy atom. The van der Waals surface area contributed by atoms with Gasteiger partial charge in [0.1, 0.15) is 4.83 Å². The van der Waals surface area contributed by atoms with E-state index in [1.807, 2.05) is 48.0 Å². The minimum atomic E-state index is -0.494. The van der Waals surface area contributed by atoms with E-state index in [2.05, 4.69) is 10.4 Å². The zero-order valence-corrected chi connectivity index (χ0v) is 16.8. The molecule has 0 bridgehead atoms. The number of amides is 1. The molecule has 29 heavy (non-hydrogen) atoms. The number of rotatable bonds is 5. The van der Waals surface area contributed by atoms with Crippen molar-refractivity contribution in [2.45, 2.75) is 13.5 Å². The SMILES string of the molecule is COC(=O)c1ccccc1NC(=O)c1cc2c(C)nn(Cc3ccccc3)c2s1. The Balaban J connectivity index is 1.63. The van der Waals surface area contributed by atoms with E-state index >= 15 is 0 Å². The minimum absolute atomic E-state index is 0.270. The maximum Gasteiger partial charge on any atom is 0.339 e. The number of fused-ring (bicyclic) bond motifs is 1. The van der Waals surface area contributed by atoms with Crippen LogP contribution in [-0.4, -0.2) is 28.8 Å². The predicted octanol–water partition coefficient (Wildman–Crippen LogP) is 4.49. The van der Waals surface area contributed by atoms with E-state index in [1.54, 1.807) is 24.3 Å². The maximum absolute atomic E-state index is 12.8. The molecule has 0 unspecified atom stereocenters. The van der Waals surface area contributed by atoms with Crippen LogP contribution in [0.2, 0.25) is 0 Å². The van der Waals surface area contributed by atoms with Gasteiger partial charge in [-0.3, -0.25) is 9.48 Å². The fraction of sp³-hybridized carbons (Fsp3) is 0.136. The first-order valence-electron chi connectivity index (χ1n) is 9.06. The van der Waals surface area contributed by atoms with Crippen molar-refractivity contribution < 1.29 is 14.3 Å². The van der Waals surface area contributed by atoms with Gasteiger partial charge in [0.25, 0.3) is 5.91 Å². The van der Waals surface area contributed by atoms with Crippen LogP contribution < -0.4 is 5.32 Å². The second-order valence-corrected chi connectivity index (χ2v) is 7.58. The number of aromatic nitrogens is 2. The number of nitrogens with zero attached hydrogens (tertiary/aromatic N) is 2. The molecule has 0 radical (unpaired) electrons. The fourth-order valence-electron chi connectivity index (χ4n) is 3.15. The molecule has 2 heterocycles. The lowest BCUT2D eigenvalue weighted by molar-refractivity contribution is 0.0602. The Hall–Kier alpha value is -3.45. The number of para-hydroxylation sites is 1. The third-order valence-electron chi connectivity index (χ3n) is 4.59. The molecular weight excluding hydrogens is 386 g/mol. The van der Waals surface area contributed by atoms with Gasteiger partial charge in [0.15, 0.2) is 0 Å². The number of esters is 1. The van der Waals surface area contributed by atoms with Crippen LogP contribution in [0.15, 0.2) is 60.7 Å². The molecule has 0 spiro atoms. The number of hydrogen-bond donors (Lipinski definition) is 1. The molecule has 6 nitrogen and oxygen atoms in total. The van der Waals surface area contributed by atoms with E-state index in [0.29, 0.717) is 22.7 Å². The van der Waals surface area contributed by atoms with Crippen LogP contribution in [0.1, 0.15) is 31.3 Å². The Labute approximate surface area is 171 Å². The number of aryl methyl sites for hydroxylation is 1. The van der Waals surface area contributed by atoms with E-state index in [1.165, 1.54) is 18.4 Å². The summed E-state index contributed by atoms with van der Waals surface area (Å²) in [6, 6.07) is 18.7.